The second-order valence-corrected chi connectivity index (χ2v) is 16.1. The molecule has 0 atom stereocenters. The molecule has 0 radical (unpaired) electrons. The van der Waals surface area contributed by atoms with Crippen molar-refractivity contribution >= 4 is 62.7 Å². The van der Waals surface area contributed by atoms with Crippen LogP contribution >= 0.6 is 11.6 Å². The quantitative estimate of drug-likeness (QED) is 0.0431. The van der Waals surface area contributed by atoms with E-state index in [0.717, 1.165) is 27.4 Å². The number of carboxylic acid groups (broad SMARTS) is 1. The highest BCUT2D eigenvalue weighted by atomic mass is 35.5. The van der Waals surface area contributed by atoms with Crippen LogP contribution in [-0.4, -0.2) is 73.1 Å². The van der Waals surface area contributed by atoms with Crippen molar-refractivity contribution < 1.29 is 33.8 Å². The van der Waals surface area contributed by atoms with E-state index in [-0.39, 0.29) is 42.6 Å². The van der Waals surface area contributed by atoms with Crippen LogP contribution in [0, 0.1) is 6.92 Å². The molecule has 61 heavy (non-hydrogen) atoms. The number of anilines is 1. The van der Waals surface area contributed by atoms with Crippen molar-refractivity contribution in [2.75, 3.05) is 39.6 Å². The lowest BCUT2D eigenvalue weighted by Crippen LogP contribution is -2.26. The van der Waals surface area contributed by atoms with E-state index in [1.54, 1.807) is 53.1 Å². The zero-order valence-corrected chi connectivity index (χ0v) is 35.6. The van der Waals surface area contributed by atoms with E-state index in [1.165, 1.54) is 6.07 Å². The van der Waals surface area contributed by atoms with Crippen LogP contribution in [0.15, 0.2) is 101 Å². The standard InChI is InChI=1S/C49H47ClN4O7/c1-29-39(40-23-30(28-55)10-21-42(40)54(29)48(58)31-11-14-33(50)15-12-31)27-46(57)51-22-8-6-7-9-43(56)32-13-18-36(49(59)60)41(24-32)47-37-19-16-34(52(2)3)25-44(37)61-45-26-35(53(4)5)17-20-38(45)47/h10-21,23-26,55H,6-9,22,27-28H2,1-5H3,(H-,51,57,59,60)/p+1. The zero-order valence-electron chi connectivity index (χ0n) is 34.8. The molecule has 0 saturated carbocycles. The third-order valence-corrected chi connectivity index (χ3v) is 11.4. The Morgan fingerprint density at radius 2 is 1.57 bits per heavy atom. The van der Waals surface area contributed by atoms with Crippen molar-refractivity contribution in [3.05, 3.63) is 141 Å². The topological polar surface area (TPSA) is 145 Å². The zero-order chi connectivity index (χ0) is 43.5. The fourth-order valence-corrected chi connectivity index (χ4v) is 7.97. The number of Topliss-reactive ketones (excluding diaryl/α,β-unsaturated/α-hetero) is 1. The Morgan fingerprint density at radius 1 is 0.820 bits per heavy atom. The summed E-state index contributed by atoms with van der Waals surface area (Å²) < 4.78 is 10.0. The molecule has 0 fully saturated rings. The molecule has 1 aliphatic carbocycles. The number of nitrogens with one attached hydrogen (secondary N) is 1. The number of nitrogens with zero attached hydrogens (tertiary/aromatic N) is 3. The molecule has 4 aromatic carbocycles. The number of aliphatic hydroxyl groups is 1. The van der Waals surface area contributed by atoms with Crippen LogP contribution in [0.3, 0.4) is 0 Å². The van der Waals surface area contributed by atoms with Gasteiger partial charge in [-0.15, -0.1) is 0 Å². The Morgan fingerprint density at radius 3 is 2.28 bits per heavy atom. The minimum absolute atomic E-state index is 0.0407. The number of aromatic carboxylic acids is 1. The first-order valence-electron chi connectivity index (χ1n) is 20.2. The smallest absolute Gasteiger partial charge is 0.336 e. The number of halogens is 1. The molecule has 0 spiro atoms. The third kappa shape index (κ3) is 8.85. The van der Waals surface area contributed by atoms with Gasteiger partial charge in [0.1, 0.15) is 25.4 Å². The molecule has 0 unspecified atom stereocenters. The molecular weight excluding hydrogens is 792 g/mol. The molecule has 2 heterocycles. The number of unbranched alkanes of at least 4 members (excludes halogenated alkanes) is 2. The Labute approximate surface area is 358 Å². The number of hydrogen-bond acceptors (Lipinski definition) is 7. The van der Waals surface area contributed by atoms with Crippen LogP contribution in [0.25, 0.3) is 44.3 Å². The number of carbonyl (C=O) groups excluding carboxylic acids is 3. The van der Waals surface area contributed by atoms with Crippen molar-refractivity contribution in [1.82, 2.24) is 14.5 Å². The summed E-state index contributed by atoms with van der Waals surface area (Å²) >= 11 is 6.06. The normalized spacial score (nSPS) is 11.3. The number of carboxylic acids is 1. The van der Waals surface area contributed by atoms with Gasteiger partial charge in [-0.1, -0.05) is 30.2 Å². The van der Waals surface area contributed by atoms with Crippen molar-refractivity contribution in [1.29, 1.82) is 0 Å². The molecule has 312 valence electrons. The van der Waals surface area contributed by atoms with Gasteiger partial charge >= 0.3 is 5.97 Å². The molecule has 0 saturated heterocycles. The van der Waals surface area contributed by atoms with Crippen molar-refractivity contribution in [2.24, 2.45) is 0 Å². The highest BCUT2D eigenvalue weighted by molar-refractivity contribution is 6.30. The van der Waals surface area contributed by atoms with Crippen molar-refractivity contribution in [3.63, 3.8) is 0 Å². The minimum Gasteiger partial charge on any atom is -0.478 e. The van der Waals surface area contributed by atoms with Crippen LogP contribution in [0.1, 0.15) is 73.6 Å². The molecule has 2 aliphatic rings. The Kier molecular flexibility index (Phi) is 12.5. The molecule has 1 aliphatic heterocycles. The van der Waals surface area contributed by atoms with E-state index in [9.17, 15) is 29.4 Å². The predicted octanol–water partition coefficient (Wildman–Crippen LogP) is 8.20. The van der Waals surface area contributed by atoms with E-state index in [0.29, 0.717) is 86.8 Å². The van der Waals surface area contributed by atoms with Gasteiger partial charge in [0.05, 0.1) is 30.2 Å². The second-order valence-electron chi connectivity index (χ2n) is 15.7. The van der Waals surface area contributed by atoms with Gasteiger partial charge in [0.2, 0.25) is 11.3 Å². The van der Waals surface area contributed by atoms with E-state index in [1.807, 2.05) is 87.1 Å². The largest absolute Gasteiger partial charge is 0.478 e. The maximum Gasteiger partial charge on any atom is 0.336 e. The van der Waals surface area contributed by atoms with Gasteiger partial charge in [0.15, 0.2) is 5.78 Å². The molecule has 1 amide bonds. The number of aliphatic hydroxyl groups excluding tert-OH is 1. The Hall–Kier alpha value is -6.56. The van der Waals surface area contributed by atoms with Gasteiger partial charge in [-0.3, -0.25) is 19.0 Å². The first-order valence-corrected chi connectivity index (χ1v) is 20.5. The maximum atomic E-state index is 13.7. The average Bonchev–Trinajstić information content (AvgIpc) is 3.52. The van der Waals surface area contributed by atoms with Crippen LogP contribution < -0.4 is 20.1 Å². The van der Waals surface area contributed by atoms with E-state index < -0.39 is 5.97 Å². The van der Waals surface area contributed by atoms with Gasteiger partial charge in [-0.05, 0) is 103 Å². The summed E-state index contributed by atoms with van der Waals surface area (Å²) in [6.45, 7) is 2.03. The summed E-state index contributed by atoms with van der Waals surface area (Å²) in [5.41, 5.74) is 6.95. The summed E-state index contributed by atoms with van der Waals surface area (Å²) in [5.74, 6) is -1.07. The first kappa shape index (κ1) is 42.6. The molecule has 0 bridgehead atoms. The van der Waals surface area contributed by atoms with E-state index in [2.05, 4.69) is 5.32 Å². The van der Waals surface area contributed by atoms with Gasteiger partial charge in [0, 0.05) is 88.6 Å². The SMILES string of the molecule is Cc1c(CC(=O)NCCCCCC(=O)c2ccc(C(=O)O)c(-c3c4ccc(=[N+](C)C)cc-4oc4cc(N(C)C)ccc34)c2)c2cc(CO)ccc2n1C(=O)c1ccc(Cl)cc1. The Bertz CT molecular complexity index is 2890. The van der Waals surface area contributed by atoms with Crippen molar-refractivity contribution in [3.8, 4) is 22.5 Å². The molecule has 5 aromatic rings. The lowest BCUT2D eigenvalue weighted by atomic mass is 9.88. The summed E-state index contributed by atoms with van der Waals surface area (Å²) in [6, 6.07) is 28.4. The summed E-state index contributed by atoms with van der Waals surface area (Å²) in [6.07, 6.45) is 2.18. The molecule has 12 heteroatoms. The fraction of sp³-hybridized carbons (Fsp3) is 0.245. The van der Waals surface area contributed by atoms with Gasteiger partial charge in [0.25, 0.3) is 5.91 Å². The van der Waals surface area contributed by atoms with Gasteiger partial charge < -0.3 is 24.8 Å². The van der Waals surface area contributed by atoms with E-state index in [4.69, 9.17) is 16.0 Å². The predicted molar refractivity (Wildman–Crippen MR) is 240 cm³/mol. The monoisotopic (exact) mass is 839 g/mol. The van der Waals surface area contributed by atoms with Crippen LogP contribution in [0.2, 0.25) is 5.02 Å². The van der Waals surface area contributed by atoms with Crippen LogP contribution in [-0.2, 0) is 17.8 Å². The molecule has 3 N–H and O–H groups in total. The number of benzene rings is 5. The minimum atomic E-state index is -1.10. The molecule has 7 rings (SSSR count). The lowest BCUT2D eigenvalue weighted by molar-refractivity contribution is -0.120. The highest BCUT2D eigenvalue weighted by Crippen LogP contribution is 2.42. The highest BCUT2D eigenvalue weighted by Gasteiger charge is 2.25. The van der Waals surface area contributed by atoms with Crippen molar-refractivity contribution in [2.45, 2.75) is 45.6 Å². The number of hydrogen-bond donors (Lipinski definition) is 3. The van der Waals surface area contributed by atoms with Crippen LogP contribution in [0.4, 0.5) is 5.69 Å². The maximum absolute atomic E-state index is 13.7. The number of fused-ring (bicyclic) bond motifs is 3. The third-order valence-electron chi connectivity index (χ3n) is 11.2. The Balaban J connectivity index is 1.04. The number of carbonyl (C=O) groups is 4. The summed E-state index contributed by atoms with van der Waals surface area (Å²) in [4.78, 5) is 55.2. The fourth-order valence-electron chi connectivity index (χ4n) is 7.84. The molecule has 1 aromatic heterocycles. The number of rotatable bonds is 14. The first-order chi connectivity index (χ1) is 29.2. The van der Waals surface area contributed by atoms with Crippen LogP contribution in [0.5, 0.6) is 0 Å². The number of ketones is 1. The molecule has 11 nitrogen and oxygen atoms in total. The lowest BCUT2D eigenvalue weighted by Gasteiger charge is -2.19. The van der Waals surface area contributed by atoms with E-state index >= 15 is 0 Å². The summed E-state index contributed by atoms with van der Waals surface area (Å²) in [5, 5.41) is 26.1. The summed E-state index contributed by atoms with van der Waals surface area (Å²) in [7, 11) is 7.76. The number of aromatic nitrogens is 1. The number of amides is 1. The molecular formula is C49H48ClN4O7+. The second kappa shape index (κ2) is 18.0. The van der Waals surface area contributed by atoms with Gasteiger partial charge in [-0.2, -0.15) is 0 Å². The average molecular weight is 840 g/mol. The van der Waals surface area contributed by atoms with Gasteiger partial charge in [-0.25, -0.2) is 9.37 Å².